The lowest BCUT2D eigenvalue weighted by Gasteiger charge is -2.10. The highest BCUT2D eigenvalue weighted by atomic mass is 19.4. The van der Waals surface area contributed by atoms with Gasteiger partial charge in [-0.25, -0.2) is 4.98 Å². The van der Waals surface area contributed by atoms with Gasteiger partial charge in [-0.3, -0.25) is 4.79 Å². The molecule has 0 saturated carbocycles. The van der Waals surface area contributed by atoms with Crippen LogP contribution in [0.2, 0.25) is 0 Å². The van der Waals surface area contributed by atoms with E-state index in [-0.39, 0.29) is 24.3 Å². The number of alkyl halides is 3. The number of halogens is 3. The Balaban J connectivity index is 2.93. The molecule has 8 heteroatoms. The van der Waals surface area contributed by atoms with Crippen LogP contribution in [0.3, 0.4) is 0 Å². The molecule has 0 atom stereocenters. The monoisotopic (exact) mass is 258 g/mol. The Bertz CT molecular complexity index is 493. The van der Waals surface area contributed by atoms with Gasteiger partial charge >= 0.3 is 6.18 Å². The van der Waals surface area contributed by atoms with Gasteiger partial charge in [-0.2, -0.15) is 18.4 Å². The quantitative estimate of drug-likeness (QED) is 0.850. The van der Waals surface area contributed by atoms with Gasteiger partial charge < -0.3 is 11.1 Å². The number of primary amides is 1. The minimum absolute atomic E-state index is 0.0122. The predicted octanol–water partition coefficient (Wildman–Crippen LogP) is 1.26. The summed E-state index contributed by atoms with van der Waals surface area (Å²) in [6.07, 6.45) is -4.66. The number of carbonyl (C=O) groups excluding carboxylic acids is 1. The van der Waals surface area contributed by atoms with Gasteiger partial charge in [0, 0.05) is 13.0 Å². The third kappa shape index (κ3) is 3.62. The largest absolute Gasteiger partial charge is 0.433 e. The van der Waals surface area contributed by atoms with Gasteiger partial charge in [-0.1, -0.05) is 0 Å². The van der Waals surface area contributed by atoms with Crippen molar-refractivity contribution < 1.29 is 18.0 Å². The first-order valence-corrected chi connectivity index (χ1v) is 4.85. The highest BCUT2D eigenvalue weighted by Crippen LogP contribution is 2.29. The third-order valence-corrected chi connectivity index (χ3v) is 1.97. The van der Waals surface area contributed by atoms with Crippen LogP contribution in [0.5, 0.6) is 0 Å². The van der Waals surface area contributed by atoms with Crippen LogP contribution in [0.25, 0.3) is 0 Å². The summed E-state index contributed by atoms with van der Waals surface area (Å²) in [7, 11) is 0. The average molecular weight is 258 g/mol. The minimum Gasteiger partial charge on any atom is -0.370 e. The Labute approximate surface area is 100 Å². The van der Waals surface area contributed by atoms with E-state index in [9.17, 15) is 18.0 Å². The van der Waals surface area contributed by atoms with Gasteiger partial charge in [0.25, 0.3) is 0 Å². The molecule has 0 unspecified atom stereocenters. The van der Waals surface area contributed by atoms with Crippen molar-refractivity contribution in [2.24, 2.45) is 5.73 Å². The van der Waals surface area contributed by atoms with Crippen LogP contribution in [0, 0.1) is 11.3 Å². The lowest BCUT2D eigenvalue weighted by atomic mass is 10.2. The molecule has 0 aliphatic carbocycles. The number of nitriles is 1. The number of aromatic nitrogens is 1. The van der Waals surface area contributed by atoms with Crippen LogP contribution in [0.1, 0.15) is 17.7 Å². The fraction of sp³-hybridized carbons (Fsp3) is 0.300. The van der Waals surface area contributed by atoms with E-state index in [0.717, 1.165) is 12.1 Å². The molecule has 0 fully saturated rings. The first-order chi connectivity index (χ1) is 8.34. The van der Waals surface area contributed by atoms with Crippen LogP contribution in [-0.4, -0.2) is 17.4 Å². The molecule has 1 rings (SSSR count). The normalized spacial score (nSPS) is 10.8. The molecule has 0 aromatic carbocycles. The van der Waals surface area contributed by atoms with Crippen molar-refractivity contribution in [2.45, 2.75) is 12.6 Å². The molecule has 1 aromatic rings. The maximum Gasteiger partial charge on any atom is 0.433 e. The Morgan fingerprint density at radius 1 is 1.50 bits per heavy atom. The molecule has 96 valence electrons. The molecule has 1 amide bonds. The number of nitrogens with one attached hydrogen (secondary N) is 1. The van der Waals surface area contributed by atoms with E-state index in [0.29, 0.717) is 0 Å². The molecular formula is C10H9F3N4O. The number of amides is 1. The lowest BCUT2D eigenvalue weighted by molar-refractivity contribution is -0.141. The van der Waals surface area contributed by atoms with E-state index < -0.39 is 17.8 Å². The van der Waals surface area contributed by atoms with Crippen LogP contribution < -0.4 is 11.1 Å². The molecule has 1 heterocycles. The van der Waals surface area contributed by atoms with E-state index in [1.807, 2.05) is 0 Å². The molecule has 18 heavy (non-hydrogen) atoms. The predicted molar refractivity (Wildman–Crippen MR) is 56.3 cm³/mol. The van der Waals surface area contributed by atoms with E-state index in [4.69, 9.17) is 11.0 Å². The Morgan fingerprint density at radius 3 is 2.67 bits per heavy atom. The SMILES string of the molecule is N#Cc1ccc(C(F)(F)F)nc1NCCC(N)=O. The summed E-state index contributed by atoms with van der Waals surface area (Å²) in [6, 6.07) is 3.44. The molecule has 0 bridgehead atoms. The number of pyridine rings is 1. The van der Waals surface area contributed by atoms with Gasteiger partial charge in [0.1, 0.15) is 17.6 Å². The number of nitrogens with zero attached hydrogens (tertiary/aromatic N) is 2. The molecule has 0 aliphatic rings. The summed E-state index contributed by atoms with van der Waals surface area (Å²) in [6.45, 7) is 0.0122. The van der Waals surface area contributed by atoms with Crippen molar-refractivity contribution in [3.8, 4) is 6.07 Å². The summed E-state index contributed by atoms with van der Waals surface area (Å²) < 4.78 is 37.2. The fourth-order valence-electron chi connectivity index (χ4n) is 1.15. The standard InChI is InChI=1S/C10H9F3N4O/c11-10(12,13)7-2-1-6(5-14)9(17-7)16-4-3-8(15)18/h1-2H,3-4H2,(H2,15,18)(H,16,17). The van der Waals surface area contributed by atoms with Crippen molar-refractivity contribution in [1.29, 1.82) is 5.26 Å². The van der Waals surface area contributed by atoms with Gasteiger partial charge in [0.2, 0.25) is 5.91 Å². The third-order valence-electron chi connectivity index (χ3n) is 1.97. The molecule has 0 radical (unpaired) electrons. The van der Waals surface area contributed by atoms with Gasteiger partial charge in [-0.05, 0) is 12.1 Å². The maximum atomic E-state index is 12.4. The zero-order valence-corrected chi connectivity index (χ0v) is 9.08. The van der Waals surface area contributed by atoms with Crippen LogP contribution in [0.4, 0.5) is 19.0 Å². The van der Waals surface area contributed by atoms with Crippen LogP contribution in [0.15, 0.2) is 12.1 Å². The van der Waals surface area contributed by atoms with Crippen molar-refractivity contribution in [2.75, 3.05) is 11.9 Å². The number of carbonyl (C=O) groups is 1. The topological polar surface area (TPSA) is 91.8 Å². The first kappa shape index (κ1) is 13.8. The minimum atomic E-state index is -4.59. The van der Waals surface area contributed by atoms with E-state index in [1.165, 1.54) is 0 Å². The van der Waals surface area contributed by atoms with Gasteiger partial charge in [0.15, 0.2) is 0 Å². The Kier molecular flexibility index (Phi) is 4.09. The number of hydrogen-bond donors (Lipinski definition) is 2. The van der Waals surface area contributed by atoms with Crippen molar-refractivity contribution in [3.63, 3.8) is 0 Å². The molecule has 0 aliphatic heterocycles. The second-order valence-electron chi connectivity index (χ2n) is 3.35. The second kappa shape index (κ2) is 5.35. The van der Waals surface area contributed by atoms with Crippen LogP contribution in [-0.2, 0) is 11.0 Å². The number of hydrogen-bond acceptors (Lipinski definition) is 4. The Hall–Kier alpha value is -2.30. The van der Waals surface area contributed by atoms with Crippen molar-refractivity contribution >= 4 is 11.7 Å². The first-order valence-electron chi connectivity index (χ1n) is 4.85. The van der Waals surface area contributed by atoms with Crippen LogP contribution >= 0.6 is 0 Å². The fourth-order valence-corrected chi connectivity index (χ4v) is 1.15. The Morgan fingerprint density at radius 2 is 2.17 bits per heavy atom. The zero-order valence-electron chi connectivity index (χ0n) is 9.08. The molecular weight excluding hydrogens is 249 g/mol. The number of anilines is 1. The summed E-state index contributed by atoms with van der Waals surface area (Å²) >= 11 is 0. The van der Waals surface area contributed by atoms with E-state index >= 15 is 0 Å². The molecule has 0 spiro atoms. The van der Waals surface area contributed by atoms with E-state index in [2.05, 4.69) is 10.3 Å². The summed E-state index contributed by atoms with van der Waals surface area (Å²) in [4.78, 5) is 13.8. The highest BCUT2D eigenvalue weighted by molar-refractivity contribution is 5.74. The van der Waals surface area contributed by atoms with E-state index in [1.54, 1.807) is 6.07 Å². The number of rotatable bonds is 4. The van der Waals surface area contributed by atoms with Crippen molar-refractivity contribution in [3.05, 3.63) is 23.4 Å². The second-order valence-corrected chi connectivity index (χ2v) is 3.35. The zero-order chi connectivity index (χ0) is 13.8. The summed E-state index contributed by atoms with van der Waals surface area (Å²) in [5.74, 6) is -0.818. The average Bonchev–Trinajstić information content (AvgIpc) is 2.27. The molecule has 5 nitrogen and oxygen atoms in total. The van der Waals surface area contributed by atoms with Gasteiger partial charge in [-0.15, -0.1) is 0 Å². The number of nitrogens with two attached hydrogens (primary N) is 1. The molecule has 0 saturated heterocycles. The van der Waals surface area contributed by atoms with Crippen molar-refractivity contribution in [1.82, 2.24) is 4.98 Å². The lowest BCUT2D eigenvalue weighted by Crippen LogP contribution is -2.17. The maximum absolute atomic E-state index is 12.4. The summed E-state index contributed by atoms with van der Waals surface area (Å²) in [5.41, 5.74) is 3.74. The van der Waals surface area contributed by atoms with Gasteiger partial charge in [0.05, 0.1) is 5.56 Å². The molecule has 1 aromatic heterocycles. The smallest absolute Gasteiger partial charge is 0.370 e. The highest BCUT2D eigenvalue weighted by Gasteiger charge is 2.33. The molecule has 3 N–H and O–H groups in total. The summed E-state index contributed by atoms with van der Waals surface area (Å²) in [5, 5.41) is 11.2.